The molecule has 0 bridgehead atoms. The number of carboxylic acid groups (broad SMARTS) is 1. The summed E-state index contributed by atoms with van der Waals surface area (Å²) in [5.74, 6) is -1.74. The molecule has 0 aliphatic carbocycles. The van der Waals surface area contributed by atoms with Crippen molar-refractivity contribution in [3.63, 3.8) is 0 Å². The molecule has 0 saturated heterocycles. The van der Waals surface area contributed by atoms with Gasteiger partial charge in [0.1, 0.15) is 0 Å². The SMILES string of the molecule is N#CC(CCOc1ccccc1F)c1ccc(C(=O)O)cc1. The molecular formula is C17H14FNO3. The molecule has 0 aliphatic heterocycles. The lowest BCUT2D eigenvalue weighted by molar-refractivity contribution is 0.0697. The number of hydrogen-bond acceptors (Lipinski definition) is 3. The second kappa shape index (κ2) is 7.23. The molecule has 0 spiro atoms. The summed E-state index contributed by atoms with van der Waals surface area (Å²) in [4.78, 5) is 10.8. The molecule has 5 heteroatoms. The van der Waals surface area contributed by atoms with Crippen molar-refractivity contribution in [2.24, 2.45) is 0 Å². The first-order valence-electron chi connectivity index (χ1n) is 6.72. The number of hydrogen-bond donors (Lipinski definition) is 1. The predicted molar refractivity (Wildman–Crippen MR) is 78.3 cm³/mol. The Labute approximate surface area is 127 Å². The first-order chi connectivity index (χ1) is 10.6. The Hall–Kier alpha value is -2.87. The van der Waals surface area contributed by atoms with Crippen molar-refractivity contribution in [3.05, 3.63) is 65.5 Å². The second-order valence-electron chi connectivity index (χ2n) is 4.68. The molecule has 1 unspecified atom stereocenters. The summed E-state index contributed by atoms with van der Waals surface area (Å²) in [5.41, 5.74) is 0.882. The standard InChI is InChI=1S/C17H14FNO3/c18-15-3-1-2-4-16(15)22-10-9-14(11-19)12-5-7-13(8-6-12)17(20)21/h1-8,14H,9-10H2,(H,20,21). The third-order valence-corrected chi connectivity index (χ3v) is 3.22. The number of carbonyl (C=O) groups is 1. The van der Waals surface area contributed by atoms with Crippen LogP contribution in [0.1, 0.15) is 28.3 Å². The summed E-state index contributed by atoms with van der Waals surface area (Å²) in [6.07, 6.45) is 0.386. The minimum absolute atomic E-state index is 0.153. The Morgan fingerprint density at radius 2 is 1.91 bits per heavy atom. The van der Waals surface area contributed by atoms with E-state index in [0.29, 0.717) is 12.0 Å². The number of halogens is 1. The number of carboxylic acids is 1. The smallest absolute Gasteiger partial charge is 0.335 e. The van der Waals surface area contributed by atoms with E-state index in [1.807, 2.05) is 0 Å². The molecule has 0 aliphatic rings. The fraction of sp³-hybridized carbons (Fsp3) is 0.176. The Morgan fingerprint density at radius 3 is 2.50 bits per heavy atom. The van der Waals surface area contributed by atoms with Crippen LogP contribution in [0.15, 0.2) is 48.5 Å². The van der Waals surface area contributed by atoms with Gasteiger partial charge in [-0.05, 0) is 29.8 Å². The monoisotopic (exact) mass is 299 g/mol. The predicted octanol–water partition coefficient (Wildman–Crippen LogP) is 3.60. The van der Waals surface area contributed by atoms with Crippen LogP contribution in [0.3, 0.4) is 0 Å². The maximum Gasteiger partial charge on any atom is 0.335 e. The number of para-hydroxylation sites is 1. The summed E-state index contributed by atoms with van der Waals surface area (Å²) < 4.78 is 18.7. The molecule has 2 aromatic carbocycles. The highest BCUT2D eigenvalue weighted by Gasteiger charge is 2.12. The number of benzene rings is 2. The van der Waals surface area contributed by atoms with Crippen molar-refractivity contribution in [2.45, 2.75) is 12.3 Å². The summed E-state index contributed by atoms with van der Waals surface area (Å²) >= 11 is 0. The van der Waals surface area contributed by atoms with Crippen molar-refractivity contribution in [1.29, 1.82) is 5.26 Å². The molecule has 0 fully saturated rings. The van der Waals surface area contributed by atoms with Gasteiger partial charge in [-0.15, -0.1) is 0 Å². The normalized spacial score (nSPS) is 11.5. The van der Waals surface area contributed by atoms with E-state index in [2.05, 4.69) is 6.07 Å². The van der Waals surface area contributed by atoms with Crippen LogP contribution in [-0.2, 0) is 0 Å². The average Bonchev–Trinajstić information content (AvgIpc) is 2.53. The summed E-state index contributed by atoms with van der Waals surface area (Å²) in [6, 6.07) is 14.4. The molecule has 112 valence electrons. The van der Waals surface area contributed by atoms with Crippen LogP contribution in [0.5, 0.6) is 5.75 Å². The van der Waals surface area contributed by atoms with Crippen molar-refractivity contribution < 1.29 is 19.0 Å². The van der Waals surface area contributed by atoms with E-state index in [9.17, 15) is 14.4 Å². The van der Waals surface area contributed by atoms with Crippen molar-refractivity contribution in [2.75, 3.05) is 6.61 Å². The van der Waals surface area contributed by atoms with Gasteiger partial charge in [-0.3, -0.25) is 0 Å². The zero-order valence-electron chi connectivity index (χ0n) is 11.7. The van der Waals surface area contributed by atoms with Crippen molar-refractivity contribution in [3.8, 4) is 11.8 Å². The maximum absolute atomic E-state index is 13.4. The van der Waals surface area contributed by atoms with Gasteiger partial charge in [0.25, 0.3) is 0 Å². The third kappa shape index (κ3) is 3.83. The Balaban J connectivity index is 1.96. The van der Waals surface area contributed by atoms with E-state index in [1.165, 1.54) is 24.3 Å². The van der Waals surface area contributed by atoms with Gasteiger partial charge in [-0.25, -0.2) is 9.18 Å². The number of aromatic carboxylic acids is 1. The number of nitrogens with zero attached hydrogens (tertiary/aromatic N) is 1. The largest absolute Gasteiger partial charge is 0.490 e. The lowest BCUT2D eigenvalue weighted by Crippen LogP contribution is -2.06. The van der Waals surface area contributed by atoms with Crippen molar-refractivity contribution in [1.82, 2.24) is 0 Å². The highest BCUT2D eigenvalue weighted by Crippen LogP contribution is 2.21. The molecule has 1 N–H and O–H groups in total. The van der Waals surface area contributed by atoms with Gasteiger partial charge in [0.15, 0.2) is 11.6 Å². The van der Waals surface area contributed by atoms with Gasteiger partial charge in [-0.2, -0.15) is 5.26 Å². The maximum atomic E-state index is 13.4. The van der Waals surface area contributed by atoms with Crippen LogP contribution in [0, 0.1) is 17.1 Å². The van der Waals surface area contributed by atoms with E-state index in [0.717, 1.165) is 0 Å². The van der Waals surface area contributed by atoms with Gasteiger partial charge in [0, 0.05) is 6.42 Å². The van der Waals surface area contributed by atoms with Crippen LogP contribution in [0.2, 0.25) is 0 Å². The molecule has 2 aromatic rings. The molecular weight excluding hydrogens is 285 g/mol. The second-order valence-corrected chi connectivity index (χ2v) is 4.68. The highest BCUT2D eigenvalue weighted by atomic mass is 19.1. The first kappa shape index (κ1) is 15.5. The topological polar surface area (TPSA) is 70.3 Å². The highest BCUT2D eigenvalue weighted by molar-refractivity contribution is 5.87. The van der Waals surface area contributed by atoms with Gasteiger partial charge in [0.05, 0.1) is 24.2 Å². The van der Waals surface area contributed by atoms with E-state index in [-0.39, 0.29) is 17.9 Å². The summed E-state index contributed by atoms with van der Waals surface area (Å²) in [5, 5.41) is 18.1. The molecule has 0 amide bonds. The molecule has 0 radical (unpaired) electrons. The van der Waals surface area contributed by atoms with E-state index >= 15 is 0 Å². The number of ether oxygens (including phenoxy) is 1. The lowest BCUT2D eigenvalue weighted by Gasteiger charge is -2.11. The first-order valence-corrected chi connectivity index (χ1v) is 6.72. The fourth-order valence-corrected chi connectivity index (χ4v) is 2.01. The molecule has 1 atom stereocenters. The van der Waals surface area contributed by atoms with Gasteiger partial charge in [-0.1, -0.05) is 24.3 Å². The molecule has 22 heavy (non-hydrogen) atoms. The Morgan fingerprint density at radius 1 is 1.23 bits per heavy atom. The third-order valence-electron chi connectivity index (χ3n) is 3.22. The fourth-order valence-electron chi connectivity index (χ4n) is 2.01. The van der Waals surface area contributed by atoms with E-state index in [4.69, 9.17) is 9.84 Å². The quantitative estimate of drug-likeness (QED) is 0.884. The van der Waals surface area contributed by atoms with E-state index in [1.54, 1.807) is 24.3 Å². The van der Waals surface area contributed by atoms with Crippen LogP contribution < -0.4 is 4.74 Å². The van der Waals surface area contributed by atoms with Gasteiger partial charge >= 0.3 is 5.97 Å². The molecule has 0 heterocycles. The van der Waals surface area contributed by atoms with Gasteiger partial charge < -0.3 is 9.84 Å². The zero-order chi connectivity index (χ0) is 15.9. The van der Waals surface area contributed by atoms with Crippen LogP contribution in [0.4, 0.5) is 4.39 Å². The van der Waals surface area contributed by atoms with Crippen molar-refractivity contribution >= 4 is 5.97 Å². The summed E-state index contributed by atoms with van der Waals surface area (Å²) in [6.45, 7) is 0.194. The van der Waals surface area contributed by atoms with E-state index < -0.39 is 17.7 Å². The number of nitriles is 1. The van der Waals surface area contributed by atoms with Crippen LogP contribution in [0.25, 0.3) is 0 Å². The molecule has 4 nitrogen and oxygen atoms in total. The van der Waals surface area contributed by atoms with Crippen LogP contribution in [-0.4, -0.2) is 17.7 Å². The molecule has 0 saturated carbocycles. The van der Waals surface area contributed by atoms with Crippen LogP contribution >= 0.6 is 0 Å². The molecule has 0 aromatic heterocycles. The van der Waals surface area contributed by atoms with Gasteiger partial charge in [0.2, 0.25) is 0 Å². The molecule has 2 rings (SSSR count). The Kier molecular flexibility index (Phi) is 5.10. The Bertz CT molecular complexity index is 692. The minimum atomic E-state index is -1.01. The minimum Gasteiger partial charge on any atom is -0.490 e. The average molecular weight is 299 g/mol. The lowest BCUT2D eigenvalue weighted by atomic mass is 9.96. The zero-order valence-corrected chi connectivity index (χ0v) is 11.7. The number of rotatable bonds is 6. The summed E-state index contributed by atoms with van der Waals surface area (Å²) in [7, 11) is 0.